The van der Waals surface area contributed by atoms with Crippen LogP contribution in [0, 0.1) is 11.3 Å². The van der Waals surface area contributed by atoms with Crippen LogP contribution in [0.25, 0.3) is 0 Å². The van der Waals surface area contributed by atoms with Crippen molar-refractivity contribution in [3.63, 3.8) is 0 Å². The fraction of sp³-hybridized carbons (Fsp3) is 0.647. The summed E-state index contributed by atoms with van der Waals surface area (Å²) in [5.74, 6) is 1.70. The van der Waals surface area contributed by atoms with Crippen LogP contribution in [0.1, 0.15) is 58.6 Å². The Bertz CT molecular complexity index is 425. The highest BCUT2D eigenvalue weighted by Crippen LogP contribution is 2.40. The van der Waals surface area contributed by atoms with Gasteiger partial charge in [0.05, 0.1) is 6.10 Å². The fourth-order valence-electron chi connectivity index (χ4n) is 3.49. The lowest BCUT2D eigenvalue weighted by molar-refractivity contribution is 0.0554. The van der Waals surface area contributed by atoms with Gasteiger partial charge in [0.15, 0.2) is 0 Å². The maximum absolute atomic E-state index is 6.27. The molecule has 1 aromatic rings. The highest BCUT2D eigenvalue weighted by molar-refractivity contribution is 5.35. The summed E-state index contributed by atoms with van der Waals surface area (Å²) in [5.41, 5.74) is 7.51. The van der Waals surface area contributed by atoms with Crippen molar-refractivity contribution < 1.29 is 4.74 Å². The van der Waals surface area contributed by atoms with Crippen LogP contribution in [-0.4, -0.2) is 6.10 Å². The lowest BCUT2D eigenvalue weighted by Gasteiger charge is -2.39. The van der Waals surface area contributed by atoms with E-state index >= 15 is 0 Å². The van der Waals surface area contributed by atoms with E-state index in [0.717, 1.165) is 30.1 Å². The second-order valence-electron chi connectivity index (χ2n) is 6.98. The van der Waals surface area contributed by atoms with E-state index < -0.39 is 0 Å². The maximum Gasteiger partial charge on any atom is 0.124 e. The van der Waals surface area contributed by atoms with E-state index in [1.807, 2.05) is 25.1 Å². The molecule has 1 saturated carbocycles. The summed E-state index contributed by atoms with van der Waals surface area (Å²) in [6.07, 6.45) is 3.89. The van der Waals surface area contributed by atoms with Gasteiger partial charge in [-0.25, -0.2) is 0 Å². The number of ether oxygens (including phenoxy) is 1. The maximum atomic E-state index is 6.27. The molecule has 1 aliphatic carbocycles. The normalized spacial score (nSPS) is 27.8. The second-order valence-corrected chi connectivity index (χ2v) is 6.98. The minimum Gasteiger partial charge on any atom is -0.490 e. The average molecular weight is 261 g/mol. The molecule has 0 aromatic heterocycles. The summed E-state index contributed by atoms with van der Waals surface area (Å²) in [6, 6.07) is 8.19. The van der Waals surface area contributed by atoms with E-state index in [1.165, 1.54) is 6.42 Å². The third-order valence-electron chi connectivity index (χ3n) is 4.05. The van der Waals surface area contributed by atoms with Gasteiger partial charge >= 0.3 is 0 Å². The molecular weight excluding hydrogens is 234 g/mol. The zero-order chi connectivity index (χ0) is 14.0. The molecule has 3 unspecified atom stereocenters. The monoisotopic (exact) mass is 261 g/mol. The smallest absolute Gasteiger partial charge is 0.124 e. The van der Waals surface area contributed by atoms with Crippen LogP contribution < -0.4 is 10.5 Å². The minimum absolute atomic E-state index is 0.0187. The van der Waals surface area contributed by atoms with Crippen molar-refractivity contribution in [1.29, 1.82) is 0 Å². The predicted molar refractivity (Wildman–Crippen MR) is 80.3 cm³/mol. The van der Waals surface area contributed by atoms with Crippen LogP contribution in [0.15, 0.2) is 24.3 Å². The van der Waals surface area contributed by atoms with E-state index in [0.29, 0.717) is 11.5 Å². The molecule has 1 aliphatic rings. The van der Waals surface area contributed by atoms with E-state index in [9.17, 15) is 0 Å². The Morgan fingerprint density at radius 1 is 1.26 bits per heavy atom. The summed E-state index contributed by atoms with van der Waals surface area (Å²) >= 11 is 0. The van der Waals surface area contributed by atoms with Gasteiger partial charge in [-0.2, -0.15) is 0 Å². The van der Waals surface area contributed by atoms with Gasteiger partial charge in [-0.15, -0.1) is 0 Å². The van der Waals surface area contributed by atoms with E-state index in [4.69, 9.17) is 10.5 Å². The van der Waals surface area contributed by atoms with Crippen molar-refractivity contribution >= 4 is 0 Å². The molecular formula is C17H27NO. The SMILES string of the molecule is CC1CC(Oc2ccccc2C(C)N)CC(C)(C)C1. The molecule has 106 valence electrons. The average Bonchev–Trinajstić information content (AvgIpc) is 2.26. The second kappa shape index (κ2) is 5.54. The van der Waals surface area contributed by atoms with Gasteiger partial charge in [0.1, 0.15) is 5.75 Å². The molecule has 0 radical (unpaired) electrons. The summed E-state index contributed by atoms with van der Waals surface area (Å²) < 4.78 is 6.27. The molecule has 0 spiro atoms. The number of para-hydroxylation sites is 1. The van der Waals surface area contributed by atoms with Gasteiger partial charge in [-0.3, -0.25) is 0 Å². The first-order valence-corrected chi connectivity index (χ1v) is 7.38. The van der Waals surface area contributed by atoms with Crippen molar-refractivity contribution in [3.05, 3.63) is 29.8 Å². The molecule has 1 aromatic carbocycles. The molecule has 19 heavy (non-hydrogen) atoms. The molecule has 2 rings (SSSR count). The van der Waals surface area contributed by atoms with Crippen molar-refractivity contribution in [2.75, 3.05) is 0 Å². The Morgan fingerprint density at radius 2 is 1.95 bits per heavy atom. The van der Waals surface area contributed by atoms with Crippen molar-refractivity contribution in [2.24, 2.45) is 17.1 Å². The van der Waals surface area contributed by atoms with Gasteiger partial charge in [0.2, 0.25) is 0 Å². The highest BCUT2D eigenvalue weighted by Gasteiger charge is 2.33. The molecule has 0 heterocycles. The van der Waals surface area contributed by atoms with Crippen molar-refractivity contribution in [2.45, 2.75) is 59.1 Å². The molecule has 3 atom stereocenters. The predicted octanol–water partition coefficient (Wildman–Crippen LogP) is 4.30. The molecule has 0 amide bonds. The van der Waals surface area contributed by atoms with Crippen molar-refractivity contribution in [3.8, 4) is 5.75 Å². The zero-order valence-corrected chi connectivity index (χ0v) is 12.6. The van der Waals surface area contributed by atoms with Crippen LogP contribution in [0.5, 0.6) is 5.75 Å². The molecule has 2 nitrogen and oxygen atoms in total. The van der Waals surface area contributed by atoms with Crippen LogP contribution in [0.3, 0.4) is 0 Å². The zero-order valence-electron chi connectivity index (χ0n) is 12.6. The van der Waals surface area contributed by atoms with Crippen LogP contribution in [-0.2, 0) is 0 Å². The van der Waals surface area contributed by atoms with Crippen LogP contribution in [0.4, 0.5) is 0 Å². The summed E-state index contributed by atoms with van der Waals surface area (Å²) in [4.78, 5) is 0. The number of nitrogens with two attached hydrogens (primary N) is 1. The largest absolute Gasteiger partial charge is 0.490 e. The van der Waals surface area contributed by atoms with Gasteiger partial charge in [-0.05, 0) is 43.6 Å². The lowest BCUT2D eigenvalue weighted by Crippen LogP contribution is -2.34. The van der Waals surface area contributed by atoms with Crippen LogP contribution >= 0.6 is 0 Å². The number of rotatable bonds is 3. The third kappa shape index (κ3) is 3.73. The van der Waals surface area contributed by atoms with E-state index in [2.05, 4.69) is 26.8 Å². The standard InChI is InChI=1S/C17H27NO/c1-12-9-14(11-17(3,4)10-12)19-16-8-6-5-7-15(16)13(2)18/h5-8,12-14H,9-11,18H2,1-4H3. The lowest BCUT2D eigenvalue weighted by atomic mass is 9.71. The Morgan fingerprint density at radius 3 is 2.58 bits per heavy atom. The molecule has 2 heteroatoms. The summed E-state index contributed by atoms with van der Waals surface area (Å²) in [7, 11) is 0. The Labute approximate surface area is 117 Å². The first-order valence-electron chi connectivity index (χ1n) is 7.38. The molecule has 0 bridgehead atoms. The molecule has 2 N–H and O–H groups in total. The van der Waals surface area contributed by atoms with Crippen LogP contribution in [0.2, 0.25) is 0 Å². The first-order chi connectivity index (χ1) is 8.87. The van der Waals surface area contributed by atoms with Gasteiger partial charge in [0.25, 0.3) is 0 Å². The van der Waals surface area contributed by atoms with Gasteiger partial charge < -0.3 is 10.5 Å². The quantitative estimate of drug-likeness (QED) is 0.880. The topological polar surface area (TPSA) is 35.2 Å². The third-order valence-corrected chi connectivity index (χ3v) is 4.05. The van der Waals surface area contributed by atoms with Gasteiger partial charge in [-0.1, -0.05) is 39.0 Å². The summed E-state index contributed by atoms with van der Waals surface area (Å²) in [6.45, 7) is 9.03. The Kier molecular flexibility index (Phi) is 4.19. The number of hydrogen-bond acceptors (Lipinski definition) is 2. The van der Waals surface area contributed by atoms with E-state index in [1.54, 1.807) is 0 Å². The van der Waals surface area contributed by atoms with Crippen molar-refractivity contribution in [1.82, 2.24) is 0 Å². The summed E-state index contributed by atoms with van der Waals surface area (Å²) in [5, 5.41) is 0. The van der Waals surface area contributed by atoms with Gasteiger partial charge in [0, 0.05) is 11.6 Å². The number of hydrogen-bond donors (Lipinski definition) is 1. The number of benzene rings is 1. The first kappa shape index (κ1) is 14.4. The Hall–Kier alpha value is -1.02. The molecule has 1 fully saturated rings. The Balaban J connectivity index is 2.13. The minimum atomic E-state index is 0.0187. The molecule has 0 saturated heterocycles. The fourth-order valence-corrected chi connectivity index (χ4v) is 3.49. The highest BCUT2D eigenvalue weighted by atomic mass is 16.5. The molecule has 0 aliphatic heterocycles. The van der Waals surface area contributed by atoms with E-state index in [-0.39, 0.29) is 6.04 Å².